The van der Waals surface area contributed by atoms with Crippen LogP contribution in [0.25, 0.3) is 0 Å². The standard InChI is InChI=1S/C24H29Cl4N3O4S/c1-6-21(23(33)29-24(2,3)4)30(13-15-7-8-16(25)12-20(15)28)22(32)14-31(36(5,34)35)19-10-17(26)9-18(27)11-19/h7-12,21H,6,13-14H2,1-5H3,(H,29,33)/t21-/m1/s1. The number of rotatable bonds is 9. The molecule has 0 aliphatic rings. The number of anilines is 1. The molecule has 1 atom stereocenters. The third-order valence-electron chi connectivity index (χ3n) is 5.05. The van der Waals surface area contributed by atoms with Crippen molar-refractivity contribution in [2.45, 2.75) is 52.2 Å². The number of hydrogen-bond acceptors (Lipinski definition) is 4. The van der Waals surface area contributed by atoms with Crippen LogP contribution in [-0.2, 0) is 26.2 Å². The van der Waals surface area contributed by atoms with Crippen LogP contribution in [0.15, 0.2) is 36.4 Å². The molecular weight excluding hydrogens is 568 g/mol. The largest absolute Gasteiger partial charge is 0.350 e. The third kappa shape index (κ3) is 8.70. The monoisotopic (exact) mass is 595 g/mol. The van der Waals surface area contributed by atoms with E-state index in [-0.39, 0.29) is 34.6 Å². The lowest BCUT2D eigenvalue weighted by Crippen LogP contribution is -2.55. The number of nitrogens with one attached hydrogen (secondary N) is 1. The van der Waals surface area contributed by atoms with E-state index < -0.39 is 34.1 Å². The van der Waals surface area contributed by atoms with E-state index >= 15 is 0 Å². The Kier molecular flexibility index (Phi) is 10.4. The second-order valence-corrected chi connectivity index (χ2v) is 12.9. The average molecular weight is 597 g/mol. The molecule has 2 aromatic rings. The van der Waals surface area contributed by atoms with Crippen LogP contribution in [0, 0.1) is 0 Å². The summed E-state index contributed by atoms with van der Waals surface area (Å²) in [5.41, 5.74) is 0.126. The highest BCUT2D eigenvalue weighted by atomic mass is 35.5. The lowest BCUT2D eigenvalue weighted by atomic mass is 10.1. The van der Waals surface area contributed by atoms with Crippen LogP contribution in [0.1, 0.15) is 39.7 Å². The summed E-state index contributed by atoms with van der Waals surface area (Å²) in [5, 5.41) is 4.04. The van der Waals surface area contributed by atoms with Gasteiger partial charge in [-0.2, -0.15) is 0 Å². The molecule has 12 heteroatoms. The van der Waals surface area contributed by atoms with Crippen molar-refractivity contribution in [3.63, 3.8) is 0 Å². The third-order valence-corrected chi connectivity index (χ3v) is 7.22. The Bertz CT molecular complexity index is 1210. The van der Waals surface area contributed by atoms with Crippen LogP contribution in [0.3, 0.4) is 0 Å². The normalized spacial score (nSPS) is 12.7. The molecule has 0 bridgehead atoms. The minimum atomic E-state index is -3.92. The summed E-state index contributed by atoms with van der Waals surface area (Å²) < 4.78 is 26.3. The summed E-state index contributed by atoms with van der Waals surface area (Å²) in [6.45, 7) is 6.62. The number of sulfonamides is 1. The molecule has 0 unspecified atom stereocenters. The zero-order chi connectivity index (χ0) is 27.4. The van der Waals surface area contributed by atoms with Gasteiger partial charge in [0.25, 0.3) is 0 Å². The number of carbonyl (C=O) groups excluding carboxylic acids is 2. The molecule has 2 rings (SSSR count). The van der Waals surface area contributed by atoms with Gasteiger partial charge in [-0.1, -0.05) is 59.4 Å². The predicted molar refractivity (Wildman–Crippen MR) is 148 cm³/mol. The number of halogens is 4. The lowest BCUT2D eigenvalue weighted by Gasteiger charge is -2.34. The molecule has 0 spiro atoms. The summed E-state index contributed by atoms with van der Waals surface area (Å²) in [6, 6.07) is 8.16. The smallest absolute Gasteiger partial charge is 0.244 e. The molecule has 2 amide bonds. The van der Waals surface area contributed by atoms with Crippen molar-refractivity contribution in [1.82, 2.24) is 10.2 Å². The topological polar surface area (TPSA) is 86.8 Å². The molecule has 0 fully saturated rings. The minimum absolute atomic E-state index is 0.0428. The first-order chi connectivity index (χ1) is 16.5. The maximum absolute atomic E-state index is 13.7. The molecule has 0 saturated heterocycles. The van der Waals surface area contributed by atoms with Crippen molar-refractivity contribution in [3.05, 3.63) is 62.1 Å². The van der Waals surface area contributed by atoms with E-state index in [0.717, 1.165) is 10.6 Å². The Morgan fingerprint density at radius 1 is 0.972 bits per heavy atom. The molecular formula is C24H29Cl4N3O4S. The summed E-state index contributed by atoms with van der Waals surface area (Å²) in [6.07, 6.45) is 1.25. The molecule has 36 heavy (non-hydrogen) atoms. The second kappa shape index (κ2) is 12.2. The molecule has 0 heterocycles. The number of benzene rings is 2. The highest BCUT2D eigenvalue weighted by Gasteiger charge is 2.33. The van der Waals surface area contributed by atoms with E-state index in [4.69, 9.17) is 46.4 Å². The van der Waals surface area contributed by atoms with Crippen molar-refractivity contribution in [2.24, 2.45) is 0 Å². The zero-order valence-electron chi connectivity index (χ0n) is 20.6. The van der Waals surface area contributed by atoms with Gasteiger partial charge in [0.15, 0.2) is 0 Å². The minimum Gasteiger partial charge on any atom is -0.350 e. The Morgan fingerprint density at radius 3 is 2.03 bits per heavy atom. The summed E-state index contributed by atoms with van der Waals surface area (Å²) in [7, 11) is -3.92. The predicted octanol–water partition coefficient (Wildman–Crippen LogP) is 5.79. The molecule has 198 valence electrons. The van der Waals surface area contributed by atoms with Gasteiger partial charge in [0.05, 0.1) is 11.9 Å². The molecule has 0 aromatic heterocycles. The van der Waals surface area contributed by atoms with Gasteiger partial charge in [0.2, 0.25) is 21.8 Å². The zero-order valence-corrected chi connectivity index (χ0v) is 24.5. The maximum atomic E-state index is 13.7. The van der Waals surface area contributed by atoms with E-state index in [1.165, 1.54) is 29.2 Å². The van der Waals surface area contributed by atoms with E-state index in [0.29, 0.717) is 15.6 Å². The quantitative estimate of drug-likeness (QED) is 0.397. The van der Waals surface area contributed by atoms with Gasteiger partial charge in [-0.15, -0.1) is 0 Å². The van der Waals surface area contributed by atoms with Crippen molar-refractivity contribution < 1.29 is 18.0 Å². The van der Waals surface area contributed by atoms with Crippen LogP contribution in [0.4, 0.5) is 5.69 Å². The number of hydrogen-bond donors (Lipinski definition) is 1. The van der Waals surface area contributed by atoms with Crippen LogP contribution in [-0.4, -0.2) is 49.5 Å². The van der Waals surface area contributed by atoms with Crippen LogP contribution < -0.4 is 9.62 Å². The summed E-state index contributed by atoms with van der Waals surface area (Å²) in [4.78, 5) is 28.2. The van der Waals surface area contributed by atoms with E-state index in [1.54, 1.807) is 19.1 Å². The Morgan fingerprint density at radius 2 is 1.56 bits per heavy atom. The fourth-order valence-corrected chi connectivity index (χ4v) is 5.32. The average Bonchev–Trinajstić information content (AvgIpc) is 2.70. The first-order valence-electron chi connectivity index (χ1n) is 11.0. The van der Waals surface area contributed by atoms with Crippen LogP contribution in [0.2, 0.25) is 20.1 Å². The molecule has 0 aliphatic carbocycles. The summed E-state index contributed by atoms with van der Waals surface area (Å²) >= 11 is 24.5. The number of amides is 2. The number of carbonyl (C=O) groups is 2. The number of nitrogens with zero attached hydrogens (tertiary/aromatic N) is 2. The Labute approximate surface area is 232 Å². The van der Waals surface area contributed by atoms with E-state index in [9.17, 15) is 18.0 Å². The van der Waals surface area contributed by atoms with Gasteiger partial charge in [-0.25, -0.2) is 8.42 Å². The van der Waals surface area contributed by atoms with Crippen molar-refractivity contribution in [1.29, 1.82) is 0 Å². The van der Waals surface area contributed by atoms with Gasteiger partial charge in [-0.3, -0.25) is 13.9 Å². The van der Waals surface area contributed by atoms with E-state index in [1.807, 2.05) is 20.8 Å². The lowest BCUT2D eigenvalue weighted by molar-refractivity contribution is -0.141. The van der Waals surface area contributed by atoms with Gasteiger partial charge in [0, 0.05) is 32.2 Å². The van der Waals surface area contributed by atoms with Gasteiger partial charge < -0.3 is 10.2 Å². The summed E-state index contributed by atoms with van der Waals surface area (Å²) in [5.74, 6) is -0.987. The van der Waals surface area contributed by atoms with Crippen LogP contribution in [0.5, 0.6) is 0 Å². The molecule has 7 nitrogen and oxygen atoms in total. The molecule has 0 radical (unpaired) electrons. The molecule has 1 N–H and O–H groups in total. The van der Waals surface area contributed by atoms with Crippen molar-refractivity contribution in [3.8, 4) is 0 Å². The van der Waals surface area contributed by atoms with Gasteiger partial charge >= 0.3 is 0 Å². The first-order valence-corrected chi connectivity index (χ1v) is 14.4. The Hall–Kier alpha value is -1.71. The highest BCUT2D eigenvalue weighted by molar-refractivity contribution is 7.92. The van der Waals surface area contributed by atoms with Crippen LogP contribution >= 0.6 is 46.4 Å². The van der Waals surface area contributed by atoms with Crippen molar-refractivity contribution >= 4 is 73.9 Å². The first kappa shape index (κ1) is 30.5. The van der Waals surface area contributed by atoms with Gasteiger partial charge in [-0.05, 0) is 63.1 Å². The molecule has 2 aromatic carbocycles. The molecule has 0 saturated carbocycles. The van der Waals surface area contributed by atoms with Gasteiger partial charge in [0.1, 0.15) is 12.6 Å². The highest BCUT2D eigenvalue weighted by Crippen LogP contribution is 2.28. The Balaban J connectivity index is 2.53. The second-order valence-electron chi connectivity index (χ2n) is 9.32. The maximum Gasteiger partial charge on any atom is 0.244 e. The van der Waals surface area contributed by atoms with E-state index in [2.05, 4.69) is 5.32 Å². The fraction of sp³-hybridized carbons (Fsp3) is 0.417. The SMILES string of the molecule is CC[C@H](C(=O)NC(C)(C)C)N(Cc1ccc(Cl)cc1Cl)C(=O)CN(c1cc(Cl)cc(Cl)c1)S(C)(=O)=O. The van der Waals surface area contributed by atoms with Crippen molar-refractivity contribution in [2.75, 3.05) is 17.1 Å². The molecule has 0 aliphatic heterocycles. The fourth-order valence-electron chi connectivity index (χ4n) is 3.50.